The molecule has 0 heterocycles. The van der Waals surface area contributed by atoms with Crippen molar-refractivity contribution in [1.82, 2.24) is 0 Å². The van der Waals surface area contributed by atoms with Crippen LogP contribution in [0.1, 0.15) is 167 Å². The topological polar surface area (TPSA) is 52.6 Å². The van der Waals surface area contributed by atoms with E-state index in [-0.39, 0.29) is 28.9 Å². The van der Waals surface area contributed by atoms with Gasteiger partial charge in [-0.25, -0.2) is 0 Å². The molecule has 36 heavy (non-hydrogen) atoms. The quantitative estimate of drug-likeness (QED) is 0.143. The molecule has 0 aromatic heterocycles. The van der Waals surface area contributed by atoms with Crippen LogP contribution in [0.5, 0.6) is 0 Å². The van der Waals surface area contributed by atoms with Crippen LogP contribution in [0.4, 0.5) is 0 Å². The van der Waals surface area contributed by atoms with Gasteiger partial charge >= 0.3 is 11.9 Å². The van der Waals surface area contributed by atoms with Crippen molar-refractivity contribution in [1.29, 1.82) is 0 Å². The SMILES string of the molecule is CCC.CCC(C)C(=O)OC(C)(CC)CCCC(C)C.CCCCOC(=O)C(C)(CCC)CCCC. The lowest BCUT2D eigenvalue weighted by atomic mass is 9.81. The average Bonchev–Trinajstić information content (AvgIpc) is 2.83. The van der Waals surface area contributed by atoms with E-state index < -0.39 is 0 Å². The van der Waals surface area contributed by atoms with Crippen molar-refractivity contribution in [2.24, 2.45) is 17.3 Å². The number of ether oxygens (including phenoxy) is 2. The van der Waals surface area contributed by atoms with Crippen molar-refractivity contribution in [3.63, 3.8) is 0 Å². The first kappa shape index (κ1) is 39.5. The van der Waals surface area contributed by atoms with Crippen LogP contribution in [-0.4, -0.2) is 24.1 Å². The van der Waals surface area contributed by atoms with Gasteiger partial charge in [-0.15, -0.1) is 0 Å². The molecule has 3 unspecified atom stereocenters. The maximum Gasteiger partial charge on any atom is 0.311 e. The second kappa shape index (κ2) is 24.3. The minimum atomic E-state index is -0.268. The van der Waals surface area contributed by atoms with Crippen LogP contribution in [0.3, 0.4) is 0 Å². The summed E-state index contributed by atoms with van der Waals surface area (Å²) in [5.74, 6) is 0.713. The van der Waals surface area contributed by atoms with Crippen LogP contribution in [0.15, 0.2) is 0 Å². The monoisotopic (exact) mass is 514 g/mol. The summed E-state index contributed by atoms with van der Waals surface area (Å²) in [6, 6.07) is 0. The van der Waals surface area contributed by atoms with Crippen LogP contribution >= 0.6 is 0 Å². The molecule has 0 aliphatic heterocycles. The Morgan fingerprint density at radius 1 is 0.750 bits per heavy atom. The molecule has 4 nitrogen and oxygen atoms in total. The standard InChI is InChI=1S/C15H30O2.C14H28O2.C3H8/c1-7-13(5)14(16)17-15(6,8-2)11-9-10-12(3)4;1-5-8-11-14(4,10-7-3)13(15)16-12-9-6-2;1-3-2/h12-13H,7-11H2,1-6H3;5-12H2,1-4H3;3H2,1-2H3. The van der Waals surface area contributed by atoms with E-state index in [1.807, 2.05) is 13.8 Å². The van der Waals surface area contributed by atoms with Gasteiger partial charge in [-0.1, -0.05) is 108 Å². The number of hydrogen-bond acceptors (Lipinski definition) is 4. The lowest BCUT2D eigenvalue weighted by Gasteiger charge is -2.30. The van der Waals surface area contributed by atoms with Crippen molar-refractivity contribution >= 4 is 11.9 Å². The molecule has 218 valence electrons. The van der Waals surface area contributed by atoms with Crippen molar-refractivity contribution in [2.45, 2.75) is 172 Å². The molecule has 4 heteroatoms. The van der Waals surface area contributed by atoms with Gasteiger partial charge in [-0.2, -0.15) is 0 Å². The Labute approximate surface area is 227 Å². The van der Waals surface area contributed by atoms with E-state index in [4.69, 9.17) is 9.47 Å². The first-order chi connectivity index (χ1) is 16.9. The van der Waals surface area contributed by atoms with E-state index in [1.165, 1.54) is 12.8 Å². The zero-order chi connectivity index (χ0) is 28.6. The van der Waals surface area contributed by atoms with Gasteiger partial charge in [0, 0.05) is 0 Å². The zero-order valence-corrected chi connectivity index (χ0v) is 26.7. The Kier molecular flexibility index (Phi) is 26.6. The second-order valence-electron chi connectivity index (χ2n) is 11.4. The molecule has 0 spiro atoms. The van der Waals surface area contributed by atoms with E-state index in [1.54, 1.807) is 0 Å². The highest BCUT2D eigenvalue weighted by molar-refractivity contribution is 5.76. The molecule has 0 fully saturated rings. The van der Waals surface area contributed by atoms with Crippen molar-refractivity contribution < 1.29 is 19.1 Å². The highest BCUT2D eigenvalue weighted by Crippen LogP contribution is 2.31. The van der Waals surface area contributed by atoms with Gasteiger partial charge in [-0.3, -0.25) is 9.59 Å². The minimum absolute atomic E-state index is 0.0104. The molecule has 0 rings (SSSR count). The summed E-state index contributed by atoms with van der Waals surface area (Å²) in [6.45, 7) is 25.9. The highest BCUT2D eigenvalue weighted by atomic mass is 16.6. The molecule has 0 saturated carbocycles. The lowest BCUT2D eigenvalue weighted by Crippen LogP contribution is -2.33. The van der Waals surface area contributed by atoms with Gasteiger partial charge in [0.25, 0.3) is 0 Å². The molecule has 0 N–H and O–H groups in total. The summed E-state index contributed by atoms with van der Waals surface area (Å²) in [5.41, 5.74) is -0.520. The van der Waals surface area contributed by atoms with Crippen LogP contribution in [0.25, 0.3) is 0 Å². The molecule has 0 aliphatic rings. The van der Waals surface area contributed by atoms with Gasteiger partial charge < -0.3 is 9.47 Å². The number of carbonyl (C=O) groups excluding carboxylic acids is 2. The maximum atomic E-state index is 12.0. The van der Waals surface area contributed by atoms with Crippen molar-refractivity contribution in [3.05, 3.63) is 0 Å². The zero-order valence-electron chi connectivity index (χ0n) is 26.7. The normalized spacial score (nSPS) is 14.8. The average molecular weight is 515 g/mol. The molecule has 0 radical (unpaired) electrons. The maximum absolute atomic E-state index is 12.0. The molecule has 0 aromatic rings. The van der Waals surface area contributed by atoms with Gasteiger partial charge in [0.2, 0.25) is 0 Å². The van der Waals surface area contributed by atoms with E-state index >= 15 is 0 Å². The third-order valence-electron chi connectivity index (χ3n) is 6.70. The fraction of sp³-hybridized carbons (Fsp3) is 0.938. The third kappa shape index (κ3) is 21.1. The summed E-state index contributed by atoms with van der Waals surface area (Å²) in [5, 5.41) is 0. The summed E-state index contributed by atoms with van der Waals surface area (Å²) in [4.78, 5) is 23.8. The molecular formula is C32H66O4. The summed E-state index contributed by atoms with van der Waals surface area (Å²) >= 11 is 0. The van der Waals surface area contributed by atoms with Gasteiger partial charge in [0.15, 0.2) is 0 Å². The second-order valence-corrected chi connectivity index (χ2v) is 11.4. The van der Waals surface area contributed by atoms with Crippen LogP contribution in [0, 0.1) is 17.3 Å². The van der Waals surface area contributed by atoms with Gasteiger partial charge in [0.1, 0.15) is 5.60 Å². The van der Waals surface area contributed by atoms with E-state index in [9.17, 15) is 9.59 Å². The number of rotatable bonds is 17. The molecule has 0 bridgehead atoms. The Balaban J connectivity index is -0.000000545. The molecule has 0 amide bonds. The smallest absolute Gasteiger partial charge is 0.311 e. The molecule has 0 aromatic carbocycles. The predicted molar refractivity (Wildman–Crippen MR) is 157 cm³/mol. The van der Waals surface area contributed by atoms with E-state index in [0.29, 0.717) is 6.61 Å². The Bertz CT molecular complexity index is 516. The highest BCUT2D eigenvalue weighted by Gasteiger charge is 2.33. The Hall–Kier alpha value is -1.06. The Morgan fingerprint density at radius 3 is 1.72 bits per heavy atom. The summed E-state index contributed by atoms with van der Waals surface area (Å²) in [6.07, 6.45) is 13.6. The number of hydrogen-bond donors (Lipinski definition) is 0. The third-order valence-corrected chi connectivity index (χ3v) is 6.70. The fourth-order valence-electron chi connectivity index (χ4n) is 3.63. The molecular weight excluding hydrogens is 448 g/mol. The summed E-state index contributed by atoms with van der Waals surface area (Å²) < 4.78 is 11.0. The lowest BCUT2D eigenvalue weighted by molar-refractivity contribution is -0.164. The predicted octanol–water partition coefficient (Wildman–Crippen LogP) is 10.3. The van der Waals surface area contributed by atoms with Crippen molar-refractivity contribution in [3.8, 4) is 0 Å². The summed E-state index contributed by atoms with van der Waals surface area (Å²) in [7, 11) is 0. The van der Waals surface area contributed by atoms with Crippen LogP contribution in [-0.2, 0) is 19.1 Å². The first-order valence-corrected chi connectivity index (χ1v) is 15.3. The minimum Gasteiger partial charge on any atom is -0.465 e. The first-order valence-electron chi connectivity index (χ1n) is 15.3. The van der Waals surface area contributed by atoms with E-state index in [2.05, 4.69) is 69.2 Å². The largest absolute Gasteiger partial charge is 0.465 e. The van der Waals surface area contributed by atoms with Gasteiger partial charge in [-0.05, 0) is 64.7 Å². The number of esters is 2. The molecule has 3 atom stereocenters. The van der Waals surface area contributed by atoms with Crippen LogP contribution < -0.4 is 0 Å². The number of unbranched alkanes of at least 4 members (excludes halogenated alkanes) is 2. The fourth-order valence-corrected chi connectivity index (χ4v) is 3.63. The molecule has 0 aliphatic carbocycles. The van der Waals surface area contributed by atoms with E-state index in [0.717, 1.165) is 76.5 Å². The van der Waals surface area contributed by atoms with Gasteiger partial charge in [0.05, 0.1) is 17.9 Å². The van der Waals surface area contributed by atoms with Crippen LogP contribution in [0.2, 0.25) is 0 Å². The molecule has 0 saturated heterocycles. The Morgan fingerprint density at radius 2 is 1.31 bits per heavy atom. The number of carbonyl (C=O) groups is 2. The van der Waals surface area contributed by atoms with Crippen molar-refractivity contribution in [2.75, 3.05) is 6.61 Å².